The first kappa shape index (κ1) is 12.3. The number of aryl methyl sites for hydroxylation is 1. The molecule has 2 heterocycles. The van der Waals surface area contributed by atoms with Crippen LogP contribution in [0.15, 0.2) is 6.07 Å². The number of aromatic nitrogens is 2. The molecule has 1 aliphatic heterocycles. The molecule has 94 valence electrons. The minimum Gasteiger partial charge on any atom is -0.384 e. The molecule has 1 aromatic heterocycles. The van der Waals surface area contributed by atoms with Gasteiger partial charge in [-0.25, -0.2) is 9.97 Å². The summed E-state index contributed by atoms with van der Waals surface area (Å²) in [7, 11) is 0. The van der Waals surface area contributed by atoms with Crippen LogP contribution in [-0.2, 0) is 11.3 Å². The van der Waals surface area contributed by atoms with Gasteiger partial charge in [-0.2, -0.15) is 0 Å². The fraction of sp³-hybridized carbons (Fsp3) is 0.667. The number of nitrogens with zero attached hydrogens (tertiary/aromatic N) is 3. The lowest BCUT2D eigenvalue weighted by Crippen LogP contribution is -2.30. The molecule has 0 aromatic carbocycles. The number of hydrogen-bond acceptors (Lipinski definition) is 5. The molecule has 5 nitrogen and oxygen atoms in total. The maximum absolute atomic E-state index is 5.73. The van der Waals surface area contributed by atoms with Gasteiger partial charge < -0.3 is 10.5 Å². The third-order valence-electron chi connectivity index (χ3n) is 2.82. The van der Waals surface area contributed by atoms with E-state index in [1.807, 2.05) is 6.92 Å². The molecule has 1 unspecified atom stereocenters. The second-order valence-electron chi connectivity index (χ2n) is 4.62. The molecule has 1 aromatic rings. The van der Waals surface area contributed by atoms with E-state index in [2.05, 4.69) is 21.8 Å². The predicted molar refractivity (Wildman–Crippen MR) is 66.5 cm³/mol. The van der Waals surface area contributed by atoms with Crippen molar-refractivity contribution in [1.29, 1.82) is 0 Å². The second-order valence-corrected chi connectivity index (χ2v) is 4.62. The minimum atomic E-state index is 0.277. The van der Waals surface area contributed by atoms with E-state index in [1.165, 1.54) is 0 Å². The monoisotopic (exact) mass is 236 g/mol. The Morgan fingerprint density at radius 1 is 1.53 bits per heavy atom. The summed E-state index contributed by atoms with van der Waals surface area (Å²) in [6, 6.07) is 1.79. The van der Waals surface area contributed by atoms with Gasteiger partial charge in [0.25, 0.3) is 0 Å². The van der Waals surface area contributed by atoms with Crippen LogP contribution in [0.1, 0.15) is 24.9 Å². The van der Waals surface area contributed by atoms with Gasteiger partial charge in [-0.15, -0.1) is 0 Å². The van der Waals surface area contributed by atoms with Gasteiger partial charge in [0.1, 0.15) is 11.6 Å². The Hall–Kier alpha value is -1.20. The highest BCUT2D eigenvalue weighted by Crippen LogP contribution is 2.09. The van der Waals surface area contributed by atoms with E-state index in [-0.39, 0.29) is 6.10 Å². The number of rotatable bonds is 2. The molecular weight excluding hydrogens is 216 g/mol. The summed E-state index contributed by atoms with van der Waals surface area (Å²) in [4.78, 5) is 11.0. The maximum atomic E-state index is 5.73. The number of anilines is 1. The molecule has 0 radical (unpaired) electrons. The topological polar surface area (TPSA) is 64.3 Å². The average molecular weight is 236 g/mol. The zero-order valence-corrected chi connectivity index (χ0v) is 10.5. The Kier molecular flexibility index (Phi) is 3.91. The fourth-order valence-electron chi connectivity index (χ4n) is 2.15. The van der Waals surface area contributed by atoms with E-state index in [4.69, 9.17) is 10.5 Å². The Labute approximate surface area is 102 Å². The van der Waals surface area contributed by atoms with Gasteiger partial charge in [0.15, 0.2) is 0 Å². The van der Waals surface area contributed by atoms with Crippen molar-refractivity contribution in [3.05, 3.63) is 17.6 Å². The highest BCUT2D eigenvalue weighted by molar-refractivity contribution is 5.29. The van der Waals surface area contributed by atoms with Gasteiger partial charge in [0.2, 0.25) is 0 Å². The van der Waals surface area contributed by atoms with E-state index in [9.17, 15) is 0 Å². The average Bonchev–Trinajstić information content (AvgIpc) is 2.41. The van der Waals surface area contributed by atoms with Crippen molar-refractivity contribution in [1.82, 2.24) is 14.9 Å². The van der Waals surface area contributed by atoms with E-state index >= 15 is 0 Å². The molecule has 17 heavy (non-hydrogen) atoms. The van der Waals surface area contributed by atoms with Crippen molar-refractivity contribution in [2.24, 2.45) is 0 Å². The number of nitrogen functional groups attached to an aromatic ring is 1. The van der Waals surface area contributed by atoms with Crippen LogP contribution in [0.2, 0.25) is 0 Å². The lowest BCUT2D eigenvalue weighted by molar-refractivity contribution is 0.0664. The normalized spacial score (nSPS) is 22.4. The summed E-state index contributed by atoms with van der Waals surface area (Å²) in [6.45, 7) is 7.59. The molecule has 1 saturated heterocycles. The van der Waals surface area contributed by atoms with Crippen LogP contribution >= 0.6 is 0 Å². The summed E-state index contributed by atoms with van der Waals surface area (Å²) in [6.07, 6.45) is 1.34. The second kappa shape index (κ2) is 5.42. The van der Waals surface area contributed by atoms with Gasteiger partial charge in [-0.05, 0) is 20.3 Å². The van der Waals surface area contributed by atoms with Gasteiger partial charge in [-0.1, -0.05) is 0 Å². The largest absolute Gasteiger partial charge is 0.384 e. The molecule has 0 saturated carbocycles. The Balaban J connectivity index is 2.03. The van der Waals surface area contributed by atoms with Crippen molar-refractivity contribution in [2.45, 2.75) is 32.9 Å². The first-order valence-electron chi connectivity index (χ1n) is 6.07. The lowest BCUT2D eigenvalue weighted by atomic mass is 10.3. The van der Waals surface area contributed by atoms with Gasteiger partial charge in [-0.3, -0.25) is 4.90 Å². The smallest absolute Gasteiger partial charge is 0.144 e. The summed E-state index contributed by atoms with van der Waals surface area (Å²) >= 11 is 0. The quantitative estimate of drug-likeness (QED) is 0.829. The zero-order chi connectivity index (χ0) is 12.3. The first-order chi connectivity index (χ1) is 8.13. The third kappa shape index (κ3) is 3.64. The Morgan fingerprint density at radius 2 is 2.35 bits per heavy atom. The minimum absolute atomic E-state index is 0.277. The summed E-state index contributed by atoms with van der Waals surface area (Å²) in [5.41, 5.74) is 6.65. The highest BCUT2D eigenvalue weighted by atomic mass is 16.5. The molecule has 0 amide bonds. The van der Waals surface area contributed by atoms with Crippen LogP contribution in [-0.4, -0.2) is 40.7 Å². The molecule has 0 bridgehead atoms. The summed E-state index contributed by atoms with van der Waals surface area (Å²) in [5.74, 6) is 1.35. The van der Waals surface area contributed by atoms with Crippen molar-refractivity contribution in [2.75, 3.05) is 25.4 Å². The van der Waals surface area contributed by atoms with Gasteiger partial charge in [0, 0.05) is 31.5 Å². The molecule has 0 spiro atoms. The van der Waals surface area contributed by atoms with Crippen LogP contribution in [0, 0.1) is 6.92 Å². The molecule has 5 heteroatoms. The zero-order valence-electron chi connectivity index (χ0n) is 10.5. The molecule has 0 aliphatic carbocycles. The lowest BCUT2D eigenvalue weighted by Gasteiger charge is -2.20. The number of hydrogen-bond donors (Lipinski definition) is 1. The molecular formula is C12H20N4O. The Bertz CT molecular complexity index is 363. The fourth-order valence-corrected chi connectivity index (χ4v) is 2.15. The van der Waals surface area contributed by atoms with Crippen molar-refractivity contribution in [3.8, 4) is 0 Å². The van der Waals surface area contributed by atoms with Crippen LogP contribution in [0.25, 0.3) is 0 Å². The highest BCUT2D eigenvalue weighted by Gasteiger charge is 2.16. The van der Waals surface area contributed by atoms with Crippen molar-refractivity contribution < 1.29 is 4.74 Å². The predicted octanol–water partition coefficient (Wildman–Crippen LogP) is 0.978. The van der Waals surface area contributed by atoms with Crippen LogP contribution in [0.3, 0.4) is 0 Å². The SMILES string of the molecule is Cc1cc(N)nc(CN2CCCOC(C)C2)n1. The molecule has 1 atom stereocenters. The first-order valence-corrected chi connectivity index (χ1v) is 6.07. The van der Waals surface area contributed by atoms with E-state index in [0.717, 1.165) is 44.2 Å². The van der Waals surface area contributed by atoms with Crippen LogP contribution < -0.4 is 5.73 Å². The maximum Gasteiger partial charge on any atom is 0.144 e. The molecule has 1 aliphatic rings. The third-order valence-corrected chi connectivity index (χ3v) is 2.82. The summed E-state index contributed by atoms with van der Waals surface area (Å²) < 4.78 is 5.61. The molecule has 1 fully saturated rings. The van der Waals surface area contributed by atoms with Crippen LogP contribution in [0.4, 0.5) is 5.82 Å². The van der Waals surface area contributed by atoms with E-state index < -0.39 is 0 Å². The van der Waals surface area contributed by atoms with Gasteiger partial charge in [0.05, 0.1) is 12.6 Å². The number of nitrogens with two attached hydrogens (primary N) is 1. The number of ether oxygens (including phenoxy) is 1. The summed E-state index contributed by atoms with van der Waals surface area (Å²) in [5, 5.41) is 0. The van der Waals surface area contributed by atoms with E-state index in [1.54, 1.807) is 6.07 Å². The van der Waals surface area contributed by atoms with Crippen molar-refractivity contribution >= 4 is 5.82 Å². The van der Waals surface area contributed by atoms with E-state index in [0.29, 0.717) is 5.82 Å². The Morgan fingerprint density at radius 3 is 3.12 bits per heavy atom. The van der Waals surface area contributed by atoms with Crippen LogP contribution in [0.5, 0.6) is 0 Å². The van der Waals surface area contributed by atoms with Crippen molar-refractivity contribution in [3.63, 3.8) is 0 Å². The molecule has 2 N–H and O–H groups in total. The molecule has 2 rings (SSSR count). The standard InChI is InChI=1S/C12H20N4O/c1-9-6-11(13)15-12(14-9)8-16-4-3-5-17-10(2)7-16/h6,10H,3-5,7-8H2,1-2H3,(H2,13,14,15). The van der Waals surface area contributed by atoms with Gasteiger partial charge >= 0.3 is 0 Å².